The Hall–Kier alpha value is -0.870. The minimum Gasteiger partial charge on any atom is -0.398 e. The molecule has 1 saturated heterocycles. The number of hydrogen-bond donors (Lipinski definition) is 1. The molecule has 4 heteroatoms. The van der Waals surface area contributed by atoms with Gasteiger partial charge in [-0.25, -0.2) is 0 Å². The summed E-state index contributed by atoms with van der Waals surface area (Å²) in [6.45, 7) is 0.873. The molecule has 3 nitrogen and oxygen atoms in total. The SMILES string of the molecule is Nc1cc(Br)ccc1C(=O)CCCC1CCCO1. The number of anilines is 1. The monoisotopic (exact) mass is 311 g/mol. The van der Waals surface area contributed by atoms with Crippen LogP contribution in [0.2, 0.25) is 0 Å². The van der Waals surface area contributed by atoms with Crippen LogP contribution in [0.25, 0.3) is 0 Å². The van der Waals surface area contributed by atoms with Gasteiger partial charge in [-0.05, 0) is 43.9 Å². The molecule has 0 amide bonds. The molecular weight excluding hydrogens is 294 g/mol. The Morgan fingerprint density at radius 2 is 2.33 bits per heavy atom. The average molecular weight is 312 g/mol. The normalized spacial score (nSPS) is 19.1. The van der Waals surface area contributed by atoms with Crippen LogP contribution in [0.3, 0.4) is 0 Å². The molecule has 0 aliphatic carbocycles. The van der Waals surface area contributed by atoms with Crippen molar-refractivity contribution in [2.75, 3.05) is 12.3 Å². The zero-order chi connectivity index (χ0) is 13.0. The number of carbonyl (C=O) groups is 1. The van der Waals surface area contributed by atoms with E-state index in [1.807, 2.05) is 6.07 Å². The number of rotatable bonds is 5. The fourth-order valence-electron chi connectivity index (χ4n) is 2.28. The first-order valence-electron chi connectivity index (χ1n) is 6.36. The van der Waals surface area contributed by atoms with E-state index in [-0.39, 0.29) is 5.78 Å². The van der Waals surface area contributed by atoms with Gasteiger partial charge in [0.2, 0.25) is 0 Å². The molecule has 0 saturated carbocycles. The van der Waals surface area contributed by atoms with Gasteiger partial charge < -0.3 is 10.5 Å². The van der Waals surface area contributed by atoms with Gasteiger partial charge in [-0.1, -0.05) is 15.9 Å². The highest BCUT2D eigenvalue weighted by Crippen LogP contribution is 2.22. The predicted molar refractivity (Wildman–Crippen MR) is 75.7 cm³/mol. The fourth-order valence-corrected chi connectivity index (χ4v) is 2.66. The molecule has 1 aliphatic heterocycles. The van der Waals surface area contributed by atoms with E-state index < -0.39 is 0 Å². The number of nitrogen functional groups attached to an aromatic ring is 1. The van der Waals surface area contributed by atoms with Gasteiger partial charge in [0.1, 0.15) is 0 Å². The third kappa shape index (κ3) is 3.56. The van der Waals surface area contributed by atoms with E-state index in [0.717, 1.165) is 36.8 Å². The van der Waals surface area contributed by atoms with Gasteiger partial charge in [-0.3, -0.25) is 4.79 Å². The van der Waals surface area contributed by atoms with Crippen molar-refractivity contribution < 1.29 is 9.53 Å². The number of ether oxygens (including phenoxy) is 1. The molecule has 0 spiro atoms. The topological polar surface area (TPSA) is 52.3 Å². The average Bonchev–Trinajstić information content (AvgIpc) is 2.81. The molecule has 1 atom stereocenters. The van der Waals surface area contributed by atoms with E-state index in [9.17, 15) is 4.79 Å². The molecule has 18 heavy (non-hydrogen) atoms. The number of hydrogen-bond acceptors (Lipinski definition) is 3. The summed E-state index contributed by atoms with van der Waals surface area (Å²) in [5.74, 6) is 0.123. The molecule has 0 bridgehead atoms. The Balaban J connectivity index is 1.83. The van der Waals surface area contributed by atoms with Crippen LogP contribution in [0, 0.1) is 0 Å². The van der Waals surface area contributed by atoms with Crippen LogP contribution >= 0.6 is 15.9 Å². The maximum Gasteiger partial charge on any atom is 0.164 e. The molecule has 2 rings (SSSR count). The quantitative estimate of drug-likeness (QED) is 0.668. The Bertz CT molecular complexity index is 428. The molecule has 1 aromatic rings. The minimum atomic E-state index is 0.123. The van der Waals surface area contributed by atoms with Crippen molar-refractivity contribution in [2.24, 2.45) is 0 Å². The largest absolute Gasteiger partial charge is 0.398 e. The summed E-state index contributed by atoms with van der Waals surface area (Å²) in [4.78, 5) is 12.0. The number of nitrogens with two attached hydrogens (primary N) is 1. The summed E-state index contributed by atoms with van der Waals surface area (Å²) < 4.78 is 6.44. The lowest BCUT2D eigenvalue weighted by Crippen LogP contribution is -2.08. The lowest BCUT2D eigenvalue weighted by Gasteiger charge is -2.09. The molecule has 1 aromatic carbocycles. The second kappa shape index (κ2) is 6.34. The second-order valence-corrected chi connectivity index (χ2v) is 5.60. The molecule has 1 fully saturated rings. The number of ketones is 1. The maximum atomic E-state index is 12.0. The van der Waals surface area contributed by atoms with Gasteiger partial charge in [0.15, 0.2) is 5.78 Å². The summed E-state index contributed by atoms with van der Waals surface area (Å²) in [6, 6.07) is 5.41. The highest BCUT2D eigenvalue weighted by atomic mass is 79.9. The summed E-state index contributed by atoms with van der Waals surface area (Å²) in [6.07, 6.45) is 5.04. The van der Waals surface area contributed by atoms with Crippen molar-refractivity contribution in [1.82, 2.24) is 0 Å². The molecule has 2 N–H and O–H groups in total. The summed E-state index contributed by atoms with van der Waals surface area (Å²) >= 11 is 3.33. The Morgan fingerprint density at radius 1 is 1.50 bits per heavy atom. The van der Waals surface area contributed by atoms with Crippen LogP contribution in [0.5, 0.6) is 0 Å². The number of benzene rings is 1. The van der Waals surface area contributed by atoms with E-state index in [2.05, 4.69) is 15.9 Å². The van der Waals surface area contributed by atoms with E-state index in [1.165, 1.54) is 0 Å². The van der Waals surface area contributed by atoms with Crippen LogP contribution in [0.4, 0.5) is 5.69 Å². The van der Waals surface area contributed by atoms with Crippen molar-refractivity contribution >= 4 is 27.4 Å². The van der Waals surface area contributed by atoms with Gasteiger partial charge in [-0.15, -0.1) is 0 Å². The van der Waals surface area contributed by atoms with Crippen LogP contribution in [0.15, 0.2) is 22.7 Å². The Labute approximate surface area is 116 Å². The van der Waals surface area contributed by atoms with Gasteiger partial charge in [0.05, 0.1) is 6.10 Å². The number of carbonyl (C=O) groups excluding carboxylic acids is 1. The Kier molecular flexibility index (Phi) is 4.78. The third-order valence-corrected chi connectivity index (χ3v) is 3.76. The molecule has 1 unspecified atom stereocenters. The minimum absolute atomic E-state index is 0.123. The lowest BCUT2D eigenvalue weighted by atomic mass is 10.0. The first-order valence-corrected chi connectivity index (χ1v) is 7.16. The molecule has 1 aliphatic rings. The van der Waals surface area contributed by atoms with Crippen LogP contribution < -0.4 is 5.73 Å². The van der Waals surface area contributed by atoms with Crippen LogP contribution in [-0.2, 0) is 4.74 Å². The van der Waals surface area contributed by atoms with Crippen molar-refractivity contribution in [3.05, 3.63) is 28.2 Å². The van der Waals surface area contributed by atoms with Crippen LogP contribution in [0.1, 0.15) is 42.5 Å². The van der Waals surface area contributed by atoms with Crippen LogP contribution in [-0.4, -0.2) is 18.5 Å². The van der Waals surface area contributed by atoms with Gasteiger partial charge in [0, 0.05) is 28.8 Å². The van der Waals surface area contributed by atoms with Crippen molar-refractivity contribution in [3.63, 3.8) is 0 Å². The van der Waals surface area contributed by atoms with E-state index >= 15 is 0 Å². The van der Waals surface area contributed by atoms with Gasteiger partial charge in [0.25, 0.3) is 0 Å². The first kappa shape index (κ1) is 13.6. The zero-order valence-electron chi connectivity index (χ0n) is 10.3. The van der Waals surface area contributed by atoms with E-state index in [1.54, 1.807) is 12.1 Å². The summed E-state index contributed by atoms with van der Waals surface area (Å²) in [5, 5.41) is 0. The van der Waals surface area contributed by atoms with Gasteiger partial charge in [-0.2, -0.15) is 0 Å². The highest BCUT2D eigenvalue weighted by molar-refractivity contribution is 9.10. The van der Waals surface area contributed by atoms with Crippen molar-refractivity contribution in [2.45, 2.75) is 38.2 Å². The summed E-state index contributed by atoms with van der Waals surface area (Å²) in [5.41, 5.74) is 7.02. The van der Waals surface area contributed by atoms with Crippen molar-refractivity contribution in [1.29, 1.82) is 0 Å². The van der Waals surface area contributed by atoms with Crippen molar-refractivity contribution in [3.8, 4) is 0 Å². The molecular formula is C14H18BrNO2. The first-order chi connectivity index (χ1) is 8.66. The summed E-state index contributed by atoms with van der Waals surface area (Å²) in [7, 11) is 0. The number of Topliss-reactive ketones (excluding diaryl/α,β-unsaturated/α-hetero) is 1. The predicted octanol–water partition coefficient (Wildman–Crippen LogP) is 3.56. The van der Waals surface area contributed by atoms with Gasteiger partial charge >= 0.3 is 0 Å². The standard InChI is InChI=1S/C14H18BrNO2/c15-10-6-7-12(13(16)9-10)14(17)5-1-3-11-4-2-8-18-11/h6-7,9,11H,1-5,8,16H2. The highest BCUT2D eigenvalue weighted by Gasteiger charge is 2.16. The Morgan fingerprint density at radius 3 is 3.00 bits per heavy atom. The number of halogens is 1. The molecule has 0 radical (unpaired) electrons. The maximum absolute atomic E-state index is 12.0. The van der Waals surface area contributed by atoms with E-state index in [4.69, 9.17) is 10.5 Å². The zero-order valence-corrected chi connectivity index (χ0v) is 11.9. The second-order valence-electron chi connectivity index (χ2n) is 4.68. The molecule has 1 heterocycles. The fraction of sp³-hybridized carbons (Fsp3) is 0.500. The third-order valence-electron chi connectivity index (χ3n) is 3.27. The molecule has 0 aromatic heterocycles. The molecule has 98 valence electrons. The smallest absolute Gasteiger partial charge is 0.164 e. The lowest BCUT2D eigenvalue weighted by molar-refractivity contribution is 0.0923. The van der Waals surface area contributed by atoms with E-state index in [0.29, 0.717) is 23.8 Å².